The van der Waals surface area contributed by atoms with Gasteiger partial charge in [0.05, 0.1) is 13.4 Å². The highest BCUT2D eigenvalue weighted by atomic mass is 19.1. The molecule has 0 bridgehead atoms. The third-order valence-corrected chi connectivity index (χ3v) is 4.46. The van der Waals surface area contributed by atoms with Crippen LogP contribution in [0.15, 0.2) is 34.9 Å². The number of carbonyl (C=O) groups is 1. The third kappa shape index (κ3) is 3.53. The number of fused-ring (bicyclic) bond motifs is 1. The molecule has 1 aliphatic heterocycles. The molecule has 0 atom stereocenters. The fourth-order valence-corrected chi connectivity index (χ4v) is 3.07. The number of nitrogens with zero attached hydrogens (tertiary/aromatic N) is 4. The van der Waals surface area contributed by atoms with E-state index in [-0.39, 0.29) is 17.7 Å². The number of hydrogen-bond donors (Lipinski definition) is 1. The van der Waals surface area contributed by atoms with E-state index >= 15 is 0 Å². The lowest BCUT2D eigenvalue weighted by molar-refractivity contribution is 0.208. The van der Waals surface area contributed by atoms with E-state index in [1.165, 1.54) is 25.5 Å². The minimum absolute atomic E-state index is 0.143. The number of nitrogens with one attached hydrogen (secondary N) is 1. The topological polar surface area (TPSA) is 83.7 Å². The van der Waals surface area contributed by atoms with Crippen molar-refractivity contribution in [3.05, 3.63) is 42.2 Å². The van der Waals surface area contributed by atoms with Crippen molar-refractivity contribution < 1.29 is 22.7 Å². The van der Waals surface area contributed by atoms with Crippen molar-refractivity contribution in [3.63, 3.8) is 0 Å². The predicted molar refractivity (Wildman–Crippen MR) is 97.5 cm³/mol. The number of carbonyl (C=O) groups excluding carboxylic acids is 1. The standard InChI is InChI=1S/C18H17F2N5O3/c1-27-17-15(21-14-2-7-28-16(14)23-17)22-18(26)25-5-3-24(4-6-25)13-9-11(19)8-12(20)10-13/h2,7-10H,3-6H2,1H3,(H,21,22,26). The lowest BCUT2D eigenvalue weighted by Crippen LogP contribution is -2.50. The van der Waals surface area contributed by atoms with Gasteiger partial charge < -0.3 is 19.0 Å². The molecule has 0 saturated carbocycles. The molecule has 1 aromatic carbocycles. The summed E-state index contributed by atoms with van der Waals surface area (Å²) in [5, 5.41) is 2.69. The monoisotopic (exact) mass is 389 g/mol. The van der Waals surface area contributed by atoms with Crippen LogP contribution < -0.4 is 15.0 Å². The Balaban J connectivity index is 1.43. The molecule has 1 fully saturated rings. The first-order valence-electron chi connectivity index (χ1n) is 8.59. The highest BCUT2D eigenvalue weighted by molar-refractivity contribution is 5.90. The fraction of sp³-hybridized carbons (Fsp3) is 0.278. The first-order valence-corrected chi connectivity index (χ1v) is 8.59. The molecule has 146 valence electrons. The molecule has 2 aromatic heterocycles. The second-order valence-electron chi connectivity index (χ2n) is 6.22. The van der Waals surface area contributed by atoms with Crippen LogP contribution in [0.25, 0.3) is 11.2 Å². The number of furan rings is 1. The Morgan fingerprint density at radius 3 is 2.54 bits per heavy atom. The fourth-order valence-electron chi connectivity index (χ4n) is 3.07. The van der Waals surface area contributed by atoms with E-state index in [0.29, 0.717) is 43.1 Å². The molecular formula is C18H17F2N5O3. The molecule has 3 aromatic rings. The van der Waals surface area contributed by atoms with Gasteiger partial charge in [0.15, 0.2) is 5.82 Å². The van der Waals surface area contributed by atoms with E-state index in [2.05, 4.69) is 15.3 Å². The number of hydrogen-bond acceptors (Lipinski definition) is 6. The van der Waals surface area contributed by atoms with E-state index in [1.807, 2.05) is 4.90 Å². The average Bonchev–Trinajstić information content (AvgIpc) is 3.14. The number of urea groups is 1. The molecule has 3 heterocycles. The Bertz CT molecular complexity index is 997. The first-order chi connectivity index (χ1) is 13.5. The predicted octanol–water partition coefficient (Wildman–Crippen LogP) is 2.86. The zero-order valence-corrected chi connectivity index (χ0v) is 15.0. The molecular weight excluding hydrogens is 372 g/mol. The summed E-state index contributed by atoms with van der Waals surface area (Å²) in [7, 11) is 1.42. The molecule has 28 heavy (non-hydrogen) atoms. The number of amides is 2. The summed E-state index contributed by atoms with van der Waals surface area (Å²) in [5.74, 6) is -0.924. The zero-order chi connectivity index (χ0) is 19.7. The van der Waals surface area contributed by atoms with Gasteiger partial charge in [-0.25, -0.2) is 18.6 Å². The minimum Gasteiger partial charge on any atom is -0.478 e. The van der Waals surface area contributed by atoms with Crippen molar-refractivity contribution in [1.82, 2.24) is 14.9 Å². The Hall–Kier alpha value is -3.43. The third-order valence-electron chi connectivity index (χ3n) is 4.46. The van der Waals surface area contributed by atoms with Crippen LogP contribution in [-0.2, 0) is 0 Å². The number of piperazine rings is 1. The number of halogens is 2. The smallest absolute Gasteiger partial charge is 0.323 e. The van der Waals surface area contributed by atoms with Crippen molar-refractivity contribution in [2.75, 3.05) is 43.5 Å². The summed E-state index contributed by atoms with van der Waals surface area (Å²) in [5.41, 5.74) is 1.26. The summed E-state index contributed by atoms with van der Waals surface area (Å²) in [6.07, 6.45) is 1.45. The molecule has 1 N–H and O–H groups in total. The quantitative estimate of drug-likeness (QED) is 0.742. The van der Waals surface area contributed by atoms with Gasteiger partial charge in [-0.15, -0.1) is 0 Å². The largest absolute Gasteiger partial charge is 0.478 e. The molecule has 1 saturated heterocycles. The number of rotatable bonds is 3. The number of benzene rings is 1. The molecule has 0 radical (unpaired) electrons. The molecule has 1 aliphatic rings. The Morgan fingerprint density at radius 1 is 1.14 bits per heavy atom. The van der Waals surface area contributed by atoms with Crippen LogP contribution in [0.3, 0.4) is 0 Å². The molecule has 2 amide bonds. The van der Waals surface area contributed by atoms with Gasteiger partial charge in [0, 0.05) is 44.0 Å². The van der Waals surface area contributed by atoms with Crippen LogP contribution in [0, 0.1) is 11.6 Å². The highest BCUT2D eigenvalue weighted by Gasteiger charge is 2.24. The van der Waals surface area contributed by atoms with Gasteiger partial charge in [0.2, 0.25) is 5.71 Å². The number of ether oxygens (including phenoxy) is 1. The number of aromatic nitrogens is 2. The van der Waals surface area contributed by atoms with E-state index in [9.17, 15) is 13.6 Å². The zero-order valence-electron chi connectivity index (χ0n) is 15.0. The van der Waals surface area contributed by atoms with Gasteiger partial charge in [-0.2, -0.15) is 4.98 Å². The van der Waals surface area contributed by atoms with Crippen LogP contribution in [0.2, 0.25) is 0 Å². The van der Waals surface area contributed by atoms with E-state index in [4.69, 9.17) is 9.15 Å². The van der Waals surface area contributed by atoms with E-state index in [0.717, 1.165) is 6.07 Å². The average molecular weight is 389 g/mol. The molecule has 0 aliphatic carbocycles. The Labute approximate surface area is 158 Å². The Kier molecular flexibility index (Phi) is 4.68. The summed E-state index contributed by atoms with van der Waals surface area (Å²) in [6.45, 7) is 1.65. The molecule has 8 nitrogen and oxygen atoms in total. The van der Waals surface area contributed by atoms with Gasteiger partial charge >= 0.3 is 6.03 Å². The lowest BCUT2D eigenvalue weighted by atomic mass is 10.2. The van der Waals surface area contributed by atoms with Crippen molar-refractivity contribution in [1.29, 1.82) is 0 Å². The first kappa shape index (κ1) is 18.0. The van der Waals surface area contributed by atoms with Crippen LogP contribution in [-0.4, -0.2) is 54.2 Å². The molecule has 0 unspecified atom stereocenters. The normalized spacial score (nSPS) is 14.4. The van der Waals surface area contributed by atoms with Crippen LogP contribution in [0.4, 0.5) is 25.1 Å². The van der Waals surface area contributed by atoms with Gasteiger partial charge in [-0.3, -0.25) is 5.32 Å². The second kappa shape index (κ2) is 7.29. The van der Waals surface area contributed by atoms with Crippen LogP contribution in [0.5, 0.6) is 5.88 Å². The van der Waals surface area contributed by atoms with Gasteiger partial charge in [0.1, 0.15) is 17.2 Å². The van der Waals surface area contributed by atoms with Gasteiger partial charge in [-0.1, -0.05) is 0 Å². The summed E-state index contributed by atoms with van der Waals surface area (Å²) >= 11 is 0. The lowest BCUT2D eigenvalue weighted by Gasteiger charge is -2.36. The van der Waals surface area contributed by atoms with Crippen LogP contribution in [0.1, 0.15) is 0 Å². The highest BCUT2D eigenvalue weighted by Crippen LogP contribution is 2.24. The molecule has 4 rings (SSSR count). The van der Waals surface area contributed by atoms with Gasteiger partial charge in [-0.05, 0) is 12.1 Å². The molecule has 10 heteroatoms. The summed E-state index contributed by atoms with van der Waals surface area (Å²) in [6, 6.07) is 4.66. The van der Waals surface area contributed by atoms with Crippen molar-refractivity contribution in [2.45, 2.75) is 0 Å². The van der Waals surface area contributed by atoms with E-state index in [1.54, 1.807) is 11.0 Å². The van der Waals surface area contributed by atoms with E-state index < -0.39 is 11.6 Å². The van der Waals surface area contributed by atoms with Crippen molar-refractivity contribution in [3.8, 4) is 5.88 Å². The van der Waals surface area contributed by atoms with Crippen LogP contribution >= 0.6 is 0 Å². The van der Waals surface area contributed by atoms with Crippen molar-refractivity contribution in [2.24, 2.45) is 0 Å². The minimum atomic E-state index is -0.629. The summed E-state index contributed by atoms with van der Waals surface area (Å²) < 4.78 is 37.2. The maximum Gasteiger partial charge on any atom is 0.323 e. The second-order valence-corrected chi connectivity index (χ2v) is 6.22. The summed E-state index contributed by atoms with van der Waals surface area (Å²) in [4.78, 5) is 24.5. The van der Waals surface area contributed by atoms with Gasteiger partial charge in [0.25, 0.3) is 5.88 Å². The Morgan fingerprint density at radius 2 is 1.86 bits per heavy atom. The number of methoxy groups -OCH3 is 1. The maximum atomic E-state index is 13.4. The van der Waals surface area contributed by atoms with Crippen molar-refractivity contribution >= 4 is 28.8 Å². The SMILES string of the molecule is COc1nc2occc2nc1NC(=O)N1CCN(c2cc(F)cc(F)c2)CC1. The maximum absolute atomic E-state index is 13.4. The number of anilines is 2. The molecule has 0 spiro atoms.